The zero-order valence-electron chi connectivity index (χ0n) is 26.5. The Morgan fingerprint density at radius 2 is 1.78 bits per heavy atom. The summed E-state index contributed by atoms with van der Waals surface area (Å²) in [5.74, 6) is -0.0237. The molecule has 5 N–H and O–H groups in total. The number of carbonyl (C=O) groups is 1. The van der Waals surface area contributed by atoms with Gasteiger partial charge in [0.2, 0.25) is 0 Å². The summed E-state index contributed by atoms with van der Waals surface area (Å²) in [5, 5.41) is 51.5. The predicted molar refractivity (Wildman–Crippen MR) is 169 cm³/mol. The molecule has 0 amide bonds. The maximum Gasteiger partial charge on any atom is 0.343 e. The largest absolute Gasteiger partial charge is 0.423 e. The van der Waals surface area contributed by atoms with E-state index in [0.717, 1.165) is 29.7 Å². The summed E-state index contributed by atoms with van der Waals surface area (Å²) in [6.07, 6.45) is 2.75. The number of ether oxygens (including phenoxy) is 3. The smallest absolute Gasteiger partial charge is 0.343 e. The summed E-state index contributed by atoms with van der Waals surface area (Å²) in [7, 11) is 3.95. The van der Waals surface area contributed by atoms with Crippen LogP contribution < -0.4 is 4.90 Å². The van der Waals surface area contributed by atoms with Gasteiger partial charge >= 0.3 is 5.97 Å². The lowest BCUT2D eigenvalue weighted by molar-refractivity contribution is -0.329. The summed E-state index contributed by atoms with van der Waals surface area (Å²) in [6, 6.07) is 7.95. The topological polar surface area (TPSA) is 149 Å². The van der Waals surface area contributed by atoms with E-state index < -0.39 is 54.8 Å². The minimum Gasteiger partial charge on any atom is -0.423 e. The van der Waals surface area contributed by atoms with E-state index in [-0.39, 0.29) is 23.9 Å². The van der Waals surface area contributed by atoms with Gasteiger partial charge < -0.3 is 44.6 Å². The monoisotopic (exact) mass is 625 g/mol. The molecule has 0 aromatic heterocycles. The lowest BCUT2D eigenvalue weighted by atomic mass is 9.46. The van der Waals surface area contributed by atoms with E-state index in [2.05, 4.69) is 13.5 Å². The Morgan fingerprint density at radius 1 is 1.07 bits per heavy atom. The Balaban J connectivity index is 1.34. The van der Waals surface area contributed by atoms with E-state index >= 15 is 0 Å². The molecule has 5 rings (SSSR count). The number of cyclic esters (lactones) is 1. The van der Waals surface area contributed by atoms with Crippen molar-refractivity contribution < 1.29 is 44.5 Å². The van der Waals surface area contributed by atoms with Gasteiger partial charge in [-0.3, -0.25) is 0 Å². The molecule has 3 fully saturated rings. The van der Waals surface area contributed by atoms with Crippen LogP contribution in [-0.2, 0) is 19.0 Å². The molecule has 0 radical (unpaired) electrons. The van der Waals surface area contributed by atoms with Crippen molar-refractivity contribution in [3.05, 3.63) is 71.5 Å². The molecule has 246 valence electrons. The second-order valence-electron chi connectivity index (χ2n) is 13.6. The fourth-order valence-electron chi connectivity index (χ4n) is 7.87. The first kappa shape index (κ1) is 33.5. The van der Waals surface area contributed by atoms with Crippen LogP contribution >= 0.6 is 0 Å². The molecular weight excluding hydrogens is 578 g/mol. The molecule has 2 heterocycles. The summed E-state index contributed by atoms with van der Waals surface area (Å²) < 4.78 is 17.4. The van der Waals surface area contributed by atoms with Crippen LogP contribution in [0.3, 0.4) is 0 Å². The van der Waals surface area contributed by atoms with Crippen molar-refractivity contribution in [3.8, 4) is 0 Å². The Bertz CT molecular complexity index is 1350. The van der Waals surface area contributed by atoms with Gasteiger partial charge in [-0.2, -0.15) is 0 Å². The number of anilines is 1. The first-order valence-corrected chi connectivity index (χ1v) is 15.7. The van der Waals surface area contributed by atoms with Crippen LogP contribution in [0.2, 0.25) is 0 Å². The van der Waals surface area contributed by atoms with Crippen LogP contribution in [0.25, 0.3) is 6.08 Å². The van der Waals surface area contributed by atoms with Crippen molar-refractivity contribution in [3.63, 3.8) is 0 Å². The van der Waals surface area contributed by atoms with Gasteiger partial charge in [0.15, 0.2) is 6.29 Å². The molecule has 10 nitrogen and oxygen atoms in total. The highest BCUT2D eigenvalue weighted by atomic mass is 16.7. The quantitative estimate of drug-likeness (QED) is 0.166. The SMILES string of the molecule is C=C1CCC2[C@](C)(CC[C@@H](OC3OC(CO)C(O)C(O)C3O)[C@@]2(C)CO)C1/C=C/C1=CC(=C\c2ccc(N(C)C)cc2)/OC1=O. The Labute approximate surface area is 264 Å². The summed E-state index contributed by atoms with van der Waals surface area (Å²) in [4.78, 5) is 14.8. The van der Waals surface area contributed by atoms with E-state index in [1.165, 1.54) is 0 Å². The molecule has 10 atom stereocenters. The van der Waals surface area contributed by atoms with Crippen LogP contribution in [0.4, 0.5) is 5.69 Å². The maximum atomic E-state index is 12.8. The van der Waals surface area contributed by atoms with Crippen LogP contribution in [0.5, 0.6) is 0 Å². The number of nitrogens with zero attached hydrogens (tertiary/aromatic N) is 1. The molecular formula is C35H47NO9. The third-order valence-corrected chi connectivity index (χ3v) is 10.6. The minimum absolute atomic E-state index is 0.0103. The van der Waals surface area contributed by atoms with Gasteiger partial charge in [-0.25, -0.2) is 4.79 Å². The Hall–Kier alpha value is -2.83. The van der Waals surface area contributed by atoms with Gasteiger partial charge in [0, 0.05) is 31.1 Å². The number of hydrogen-bond donors (Lipinski definition) is 5. The number of benzene rings is 1. The molecule has 10 heteroatoms. The van der Waals surface area contributed by atoms with E-state index in [9.17, 15) is 30.3 Å². The zero-order chi connectivity index (χ0) is 32.7. The van der Waals surface area contributed by atoms with Gasteiger partial charge in [-0.05, 0) is 66.9 Å². The zero-order valence-corrected chi connectivity index (χ0v) is 26.5. The summed E-state index contributed by atoms with van der Waals surface area (Å²) >= 11 is 0. The number of rotatable bonds is 8. The minimum atomic E-state index is -1.54. The van der Waals surface area contributed by atoms with E-state index in [0.29, 0.717) is 24.2 Å². The average molecular weight is 626 g/mol. The van der Waals surface area contributed by atoms with E-state index in [1.54, 1.807) is 6.08 Å². The highest BCUT2D eigenvalue weighted by Crippen LogP contribution is 2.62. The molecule has 7 unspecified atom stereocenters. The molecule has 2 aliphatic heterocycles. The maximum absolute atomic E-state index is 12.8. The lowest BCUT2D eigenvalue weighted by Gasteiger charge is -2.60. The summed E-state index contributed by atoms with van der Waals surface area (Å²) in [6.45, 7) is 7.83. The summed E-state index contributed by atoms with van der Waals surface area (Å²) in [5.41, 5.74) is 2.46. The molecule has 4 aliphatic rings. The second kappa shape index (κ2) is 13.1. The molecule has 2 aliphatic carbocycles. The van der Waals surface area contributed by atoms with Crippen molar-refractivity contribution >= 4 is 17.7 Å². The Morgan fingerprint density at radius 3 is 2.42 bits per heavy atom. The molecule has 2 saturated carbocycles. The van der Waals surface area contributed by atoms with Gasteiger partial charge in [0.25, 0.3) is 0 Å². The molecule has 0 bridgehead atoms. The van der Waals surface area contributed by atoms with Crippen molar-refractivity contribution in [2.45, 2.75) is 76.3 Å². The molecule has 1 aromatic carbocycles. The van der Waals surface area contributed by atoms with Crippen molar-refractivity contribution in [1.82, 2.24) is 0 Å². The lowest BCUT2D eigenvalue weighted by Crippen LogP contribution is -2.63. The third kappa shape index (κ3) is 6.30. The van der Waals surface area contributed by atoms with E-state index in [4.69, 9.17) is 14.2 Å². The first-order valence-electron chi connectivity index (χ1n) is 15.7. The number of aliphatic hydroxyl groups excluding tert-OH is 5. The third-order valence-electron chi connectivity index (χ3n) is 10.6. The fraction of sp³-hybridized carbons (Fsp3) is 0.571. The van der Waals surface area contributed by atoms with Crippen LogP contribution in [0.1, 0.15) is 45.1 Å². The van der Waals surface area contributed by atoms with Crippen LogP contribution in [0.15, 0.2) is 66.0 Å². The number of allylic oxidation sites excluding steroid dienone is 3. The number of hydrogen-bond acceptors (Lipinski definition) is 10. The molecule has 1 saturated heterocycles. The number of esters is 1. The van der Waals surface area contributed by atoms with Crippen molar-refractivity contribution in [1.29, 1.82) is 0 Å². The van der Waals surface area contributed by atoms with Crippen molar-refractivity contribution in [2.24, 2.45) is 22.7 Å². The van der Waals surface area contributed by atoms with Gasteiger partial charge in [0.05, 0.1) is 24.9 Å². The van der Waals surface area contributed by atoms with Gasteiger partial charge in [-0.1, -0.05) is 50.3 Å². The van der Waals surface area contributed by atoms with Crippen molar-refractivity contribution in [2.75, 3.05) is 32.2 Å². The van der Waals surface area contributed by atoms with Gasteiger partial charge in [0.1, 0.15) is 30.2 Å². The number of aliphatic hydroxyl groups is 5. The highest BCUT2D eigenvalue weighted by Gasteiger charge is 2.59. The standard InChI is InChI=1S/C35H47NO9/c1-20-6-13-27-34(2,15-14-28(35(27,3)19-38)45-33-31(41)30(40)29(39)26(18-37)44-33)25(20)12-9-22-17-24(43-32(22)42)16-21-7-10-23(11-8-21)36(4)5/h7-12,16-17,25-31,33,37-41H,1,6,13-15,18-19H2,2-5H3/b12-9+,24-16+/t25?,26?,27?,28-,29?,30?,31?,33?,34-,35+/m1/s1. The molecule has 1 aromatic rings. The second-order valence-corrected chi connectivity index (χ2v) is 13.6. The predicted octanol–water partition coefficient (Wildman–Crippen LogP) is 2.70. The van der Waals surface area contributed by atoms with Crippen LogP contribution in [-0.4, -0.2) is 95.6 Å². The van der Waals surface area contributed by atoms with E-state index in [1.807, 2.05) is 68.4 Å². The molecule has 0 spiro atoms. The number of fused-ring (bicyclic) bond motifs is 1. The van der Waals surface area contributed by atoms with Crippen LogP contribution in [0, 0.1) is 22.7 Å². The highest BCUT2D eigenvalue weighted by molar-refractivity contribution is 5.96. The molecule has 45 heavy (non-hydrogen) atoms. The normalized spacial score (nSPS) is 39.6. The van der Waals surface area contributed by atoms with Gasteiger partial charge in [-0.15, -0.1) is 0 Å². The first-order chi connectivity index (χ1) is 21.3. The Kier molecular flexibility index (Phi) is 9.77. The fourth-order valence-corrected chi connectivity index (χ4v) is 7.87. The number of carbonyl (C=O) groups excluding carboxylic acids is 1. The average Bonchev–Trinajstić information content (AvgIpc) is 3.36.